The SMILES string of the molecule is Cc1cc(Cl)cc2sc(N(CCN3CCOCC3)C(=O)c3ccc(S(=O)(=O)N(C)C4CCCCC4)cc3)nc12. The lowest BCUT2D eigenvalue weighted by molar-refractivity contribution is 0.0391. The molecule has 0 unspecified atom stereocenters. The minimum absolute atomic E-state index is 0.0248. The van der Waals surface area contributed by atoms with Crippen LogP contribution in [0.2, 0.25) is 5.02 Å². The number of hydrogen-bond donors (Lipinski definition) is 0. The second kappa shape index (κ2) is 12.2. The fraction of sp³-hybridized carbons (Fsp3) is 0.500. The first-order chi connectivity index (χ1) is 18.7. The molecule has 2 aromatic carbocycles. The summed E-state index contributed by atoms with van der Waals surface area (Å²) in [5.74, 6) is -0.212. The van der Waals surface area contributed by atoms with Gasteiger partial charge in [0.25, 0.3) is 5.91 Å². The number of aromatic nitrogens is 1. The number of hydrogen-bond acceptors (Lipinski definition) is 7. The van der Waals surface area contributed by atoms with Crippen LogP contribution in [0.4, 0.5) is 5.13 Å². The zero-order valence-corrected chi connectivity index (χ0v) is 24.8. The Labute approximate surface area is 239 Å². The lowest BCUT2D eigenvalue weighted by Crippen LogP contribution is -2.43. The number of thiazole rings is 1. The fourth-order valence-electron chi connectivity index (χ4n) is 5.34. The zero-order valence-electron chi connectivity index (χ0n) is 22.4. The summed E-state index contributed by atoms with van der Waals surface area (Å²) in [6, 6.07) is 10.1. The second-order valence-corrected chi connectivity index (χ2v) is 13.8. The van der Waals surface area contributed by atoms with E-state index in [0.717, 1.165) is 61.0 Å². The average molecular weight is 591 g/mol. The van der Waals surface area contributed by atoms with E-state index in [4.69, 9.17) is 21.3 Å². The Hall–Kier alpha value is -2.08. The minimum Gasteiger partial charge on any atom is -0.379 e. The number of rotatable bonds is 8. The van der Waals surface area contributed by atoms with Gasteiger partial charge in [-0.3, -0.25) is 14.6 Å². The molecule has 2 aliphatic rings. The number of fused-ring (bicyclic) bond motifs is 1. The first-order valence-electron chi connectivity index (χ1n) is 13.5. The molecule has 11 heteroatoms. The van der Waals surface area contributed by atoms with Crippen molar-refractivity contribution in [3.05, 3.63) is 52.5 Å². The van der Waals surface area contributed by atoms with Crippen LogP contribution in [0.25, 0.3) is 10.2 Å². The van der Waals surface area contributed by atoms with Crippen LogP contribution in [0.1, 0.15) is 48.0 Å². The molecule has 0 atom stereocenters. The van der Waals surface area contributed by atoms with Gasteiger partial charge in [0, 0.05) is 49.9 Å². The van der Waals surface area contributed by atoms with Gasteiger partial charge in [-0.15, -0.1) is 0 Å². The van der Waals surface area contributed by atoms with Crippen molar-refractivity contribution in [3.63, 3.8) is 0 Å². The third-order valence-electron chi connectivity index (χ3n) is 7.73. The van der Waals surface area contributed by atoms with Gasteiger partial charge in [0.1, 0.15) is 0 Å². The maximum absolute atomic E-state index is 13.9. The number of carbonyl (C=O) groups is 1. The topological polar surface area (TPSA) is 83.0 Å². The van der Waals surface area contributed by atoms with Crippen LogP contribution in [-0.4, -0.2) is 81.0 Å². The van der Waals surface area contributed by atoms with Crippen LogP contribution in [0.15, 0.2) is 41.3 Å². The maximum atomic E-state index is 13.9. The quantitative estimate of drug-likeness (QED) is 0.359. The van der Waals surface area contributed by atoms with E-state index in [2.05, 4.69) is 4.90 Å². The third-order valence-corrected chi connectivity index (χ3v) is 10.9. The third kappa shape index (κ3) is 6.31. The van der Waals surface area contributed by atoms with Crippen molar-refractivity contribution in [3.8, 4) is 0 Å². The van der Waals surface area contributed by atoms with Crippen LogP contribution in [0.3, 0.4) is 0 Å². The minimum atomic E-state index is -3.64. The van der Waals surface area contributed by atoms with Crippen molar-refractivity contribution >= 4 is 54.2 Å². The maximum Gasteiger partial charge on any atom is 0.260 e. The van der Waals surface area contributed by atoms with E-state index < -0.39 is 10.0 Å². The van der Waals surface area contributed by atoms with Crippen molar-refractivity contribution in [2.45, 2.75) is 50.0 Å². The molecule has 1 saturated carbocycles. The van der Waals surface area contributed by atoms with Crippen LogP contribution in [-0.2, 0) is 14.8 Å². The molecule has 1 saturated heterocycles. The van der Waals surface area contributed by atoms with E-state index in [1.54, 1.807) is 36.2 Å². The summed E-state index contributed by atoms with van der Waals surface area (Å²) < 4.78 is 34.5. The van der Waals surface area contributed by atoms with Gasteiger partial charge in [-0.1, -0.05) is 42.2 Å². The van der Waals surface area contributed by atoms with E-state index in [1.165, 1.54) is 15.6 Å². The number of ether oxygens (including phenoxy) is 1. The molecule has 3 aromatic rings. The van der Waals surface area contributed by atoms with Gasteiger partial charge in [0.2, 0.25) is 10.0 Å². The highest BCUT2D eigenvalue weighted by molar-refractivity contribution is 7.89. The molecule has 8 nitrogen and oxygen atoms in total. The van der Waals surface area contributed by atoms with Gasteiger partial charge < -0.3 is 4.74 Å². The lowest BCUT2D eigenvalue weighted by Gasteiger charge is -2.30. The summed E-state index contributed by atoms with van der Waals surface area (Å²) in [7, 11) is -1.97. The molecule has 1 aliphatic carbocycles. The summed E-state index contributed by atoms with van der Waals surface area (Å²) in [6.45, 7) is 6.09. The van der Waals surface area contributed by atoms with Crippen LogP contribution < -0.4 is 4.90 Å². The molecule has 1 amide bonds. The molecule has 0 spiro atoms. The molecule has 0 N–H and O–H groups in total. The lowest BCUT2D eigenvalue weighted by atomic mass is 9.96. The molecule has 0 radical (unpaired) electrons. The smallest absolute Gasteiger partial charge is 0.260 e. The Bertz CT molecular complexity index is 1420. The van der Waals surface area contributed by atoms with E-state index in [0.29, 0.717) is 42.0 Å². The summed E-state index contributed by atoms with van der Waals surface area (Å²) in [5, 5.41) is 1.23. The second-order valence-electron chi connectivity index (χ2n) is 10.3. The van der Waals surface area contributed by atoms with E-state index in [-0.39, 0.29) is 16.8 Å². The molecule has 39 heavy (non-hydrogen) atoms. The van der Waals surface area contributed by atoms with Gasteiger partial charge in [0.05, 0.1) is 28.3 Å². The summed E-state index contributed by atoms with van der Waals surface area (Å²) in [4.78, 5) is 22.8. The molecule has 2 fully saturated rings. The number of morpholine rings is 1. The molecule has 0 bridgehead atoms. The number of sulfonamides is 1. The number of halogens is 1. The van der Waals surface area contributed by atoms with Crippen molar-refractivity contribution < 1.29 is 17.9 Å². The van der Waals surface area contributed by atoms with E-state index in [9.17, 15) is 13.2 Å². The highest BCUT2D eigenvalue weighted by Crippen LogP contribution is 2.34. The first-order valence-corrected chi connectivity index (χ1v) is 16.1. The van der Waals surface area contributed by atoms with Gasteiger partial charge >= 0.3 is 0 Å². The summed E-state index contributed by atoms with van der Waals surface area (Å²) >= 11 is 7.72. The number of anilines is 1. The zero-order chi connectivity index (χ0) is 27.6. The average Bonchev–Trinajstić information content (AvgIpc) is 3.38. The number of carbonyl (C=O) groups excluding carboxylic acids is 1. The van der Waals surface area contributed by atoms with Crippen molar-refractivity contribution in [1.82, 2.24) is 14.2 Å². The molecule has 210 valence electrons. The van der Waals surface area contributed by atoms with Crippen LogP contribution in [0, 0.1) is 6.92 Å². The number of nitrogens with zero attached hydrogens (tertiary/aromatic N) is 4. The predicted octanol–water partition coefficient (Wildman–Crippen LogP) is 5.19. The van der Waals surface area contributed by atoms with Gasteiger partial charge in [-0.2, -0.15) is 4.31 Å². The van der Waals surface area contributed by atoms with E-state index in [1.807, 2.05) is 19.1 Å². The Morgan fingerprint density at radius 1 is 1.13 bits per heavy atom. The Morgan fingerprint density at radius 3 is 2.51 bits per heavy atom. The predicted molar refractivity (Wildman–Crippen MR) is 157 cm³/mol. The summed E-state index contributed by atoms with van der Waals surface area (Å²) in [6.07, 6.45) is 5.03. The van der Waals surface area contributed by atoms with Crippen molar-refractivity contribution in [2.24, 2.45) is 0 Å². The standard InChI is InChI=1S/C28H35ClN4O4S2/c1-20-18-22(29)19-25-26(20)30-28(38-25)33(13-12-32-14-16-37-17-15-32)27(34)21-8-10-24(11-9-21)39(35,36)31(2)23-6-4-3-5-7-23/h8-11,18-19,23H,3-7,12-17H2,1-2H3. The Balaban J connectivity index is 1.40. The fourth-order valence-corrected chi connectivity index (χ4v) is 8.20. The molecule has 5 rings (SSSR count). The largest absolute Gasteiger partial charge is 0.379 e. The Kier molecular flexibility index (Phi) is 8.90. The number of aryl methyl sites for hydroxylation is 1. The molecular formula is C28H35ClN4O4S2. The molecule has 2 heterocycles. The number of amides is 1. The molecule has 1 aliphatic heterocycles. The van der Waals surface area contributed by atoms with Crippen LogP contribution in [0.5, 0.6) is 0 Å². The van der Waals surface area contributed by atoms with Gasteiger partial charge in [0.15, 0.2) is 5.13 Å². The first kappa shape index (κ1) is 28.4. The normalized spacial score (nSPS) is 17.6. The van der Waals surface area contributed by atoms with Crippen LogP contribution >= 0.6 is 22.9 Å². The monoisotopic (exact) mass is 590 g/mol. The van der Waals surface area contributed by atoms with Gasteiger partial charge in [-0.25, -0.2) is 13.4 Å². The highest BCUT2D eigenvalue weighted by atomic mass is 35.5. The molecular weight excluding hydrogens is 556 g/mol. The van der Waals surface area contributed by atoms with E-state index >= 15 is 0 Å². The number of benzene rings is 2. The Morgan fingerprint density at radius 2 is 1.82 bits per heavy atom. The molecule has 1 aromatic heterocycles. The van der Waals surface area contributed by atoms with Crippen molar-refractivity contribution in [2.75, 3.05) is 51.3 Å². The highest BCUT2D eigenvalue weighted by Gasteiger charge is 2.30. The van der Waals surface area contributed by atoms with Gasteiger partial charge in [-0.05, 0) is 61.7 Å². The van der Waals surface area contributed by atoms with Crippen molar-refractivity contribution in [1.29, 1.82) is 0 Å². The summed E-state index contributed by atoms with van der Waals surface area (Å²) in [5.41, 5.74) is 2.21.